The predicted molar refractivity (Wildman–Crippen MR) is 94.8 cm³/mol. The Labute approximate surface area is 149 Å². The molecule has 3 aromatic heterocycles. The number of rotatable bonds is 1. The Hall–Kier alpha value is -2.64. The van der Waals surface area contributed by atoms with E-state index in [0.29, 0.717) is 19.0 Å². The van der Waals surface area contributed by atoms with Gasteiger partial charge < -0.3 is 14.8 Å². The van der Waals surface area contributed by atoms with Gasteiger partial charge in [-0.1, -0.05) is 6.92 Å². The van der Waals surface area contributed by atoms with E-state index in [0.717, 1.165) is 28.9 Å². The summed E-state index contributed by atoms with van der Waals surface area (Å²) in [5.41, 5.74) is 2.77. The van der Waals surface area contributed by atoms with Gasteiger partial charge in [-0.3, -0.25) is 4.40 Å². The fraction of sp³-hybridized carbons (Fsp3) is 0.500. The number of hydrogen-bond acceptors (Lipinski definition) is 3. The zero-order valence-corrected chi connectivity index (χ0v) is 14.6. The Balaban J connectivity index is 1.49. The lowest BCUT2D eigenvalue weighted by molar-refractivity contribution is 0.0579. The van der Waals surface area contributed by atoms with Gasteiger partial charge in [0, 0.05) is 25.2 Å². The van der Waals surface area contributed by atoms with Crippen molar-refractivity contribution in [2.24, 2.45) is 5.92 Å². The topological polar surface area (TPSA) is 69.5 Å². The standard InChI is InChI=1S/C18H21FN6O/c1-11-3-5-23(18(26)24-8-12(19)9-24)10-14(11)17-22-7-13-6-21-16-15(25(13)17)2-4-20-16/h2,4,6-7,11-12,14,20H,3,5,8-10H2,1H3/t11-,14+/m1/s1. The molecule has 0 spiro atoms. The van der Waals surface area contributed by atoms with Crippen molar-refractivity contribution in [3.05, 3.63) is 30.5 Å². The molecule has 2 aliphatic heterocycles. The second-order valence-electron chi connectivity index (χ2n) is 7.45. The maximum absolute atomic E-state index is 13.1. The van der Waals surface area contributed by atoms with Crippen molar-refractivity contribution in [1.82, 2.24) is 29.2 Å². The summed E-state index contributed by atoms with van der Waals surface area (Å²) in [7, 11) is 0. The highest BCUT2D eigenvalue weighted by Gasteiger charge is 2.38. The van der Waals surface area contributed by atoms with Crippen LogP contribution in [0.1, 0.15) is 25.1 Å². The van der Waals surface area contributed by atoms with Crippen LogP contribution in [0.15, 0.2) is 24.7 Å². The summed E-state index contributed by atoms with van der Waals surface area (Å²) >= 11 is 0. The molecule has 1 N–H and O–H groups in total. The number of amides is 2. The van der Waals surface area contributed by atoms with Crippen molar-refractivity contribution in [2.75, 3.05) is 26.2 Å². The number of nitrogens with one attached hydrogen (secondary N) is 1. The van der Waals surface area contributed by atoms with Crippen LogP contribution in [0, 0.1) is 5.92 Å². The number of fused-ring (bicyclic) bond motifs is 3. The molecular formula is C18H21FN6O. The van der Waals surface area contributed by atoms with Crippen LogP contribution in [0.4, 0.5) is 9.18 Å². The normalized spacial score (nSPS) is 24.4. The van der Waals surface area contributed by atoms with Gasteiger partial charge in [0.15, 0.2) is 5.65 Å². The van der Waals surface area contributed by atoms with Gasteiger partial charge in [-0.25, -0.2) is 19.2 Å². The van der Waals surface area contributed by atoms with E-state index in [9.17, 15) is 9.18 Å². The van der Waals surface area contributed by atoms with Gasteiger partial charge in [0.05, 0.1) is 36.5 Å². The number of urea groups is 1. The molecule has 2 atom stereocenters. The highest BCUT2D eigenvalue weighted by atomic mass is 19.1. The zero-order valence-electron chi connectivity index (χ0n) is 14.6. The largest absolute Gasteiger partial charge is 0.345 e. The van der Waals surface area contributed by atoms with E-state index in [1.807, 2.05) is 29.6 Å². The van der Waals surface area contributed by atoms with Gasteiger partial charge in [0.1, 0.15) is 12.0 Å². The van der Waals surface area contributed by atoms with Gasteiger partial charge >= 0.3 is 6.03 Å². The molecule has 0 bridgehead atoms. The molecule has 5 heterocycles. The molecule has 0 aliphatic carbocycles. The fourth-order valence-electron chi connectivity index (χ4n) is 4.12. The number of hydrogen-bond donors (Lipinski definition) is 1. The molecule has 0 saturated carbocycles. The molecule has 3 aromatic rings. The SMILES string of the molecule is C[C@@H]1CCN(C(=O)N2CC(F)C2)C[C@@H]1c1ncc2cnc3[nH]ccc3n12. The molecule has 5 rings (SSSR count). The lowest BCUT2D eigenvalue weighted by Crippen LogP contribution is -2.58. The maximum Gasteiger partial charge on any atom is 0.320 e. The number of piperidine rings is 1. The van der Waals surface area contributed by atoms with E-state index < -0.39 is 6.17 Å². The van der Waals surface area contributed by atoms with E-state index in [1.54, 1.807) is 4.90 Å². The number of carbonyl (C=O) groups is 1. The van der Waals surface area contributed by atoms with E-state index in [1.165, 1.54) is 0 Å². The predicted octanol–water partition coefficient (Wildman–Crippen LogP) is 2.41. The Morgan fingerprint density at radius 1 is 1.23 bits per heavy atom. The molecule has 0 unspecified atom stereocenters. The average molecular weight is 356 g/mol. The first-order valence-corrected chi connectivity index (χ1v) is 9.09. The number of nitrogens with zero attached hydrogens (tertiary/aromatic N) is 5. The van der Waals surface area contributed by atoms with Crippen LogP contribution in [0.3, 0.4) is 0 Å². The molecule has 0 aromatic carbocycles. The van der Waals surface area contributed by atoms with Crippen molar-refractivity contribution < 1.29 is 9.18 Å². The van der Waals surface area contributed by atoms with Crippen molar-refractivity contribution in [2.45, 2.75) is 25.4 Å². The number of imidazole rings is 1. The lowest BCUT2D eigenvalue weighted by atomic mass is 9.86. The van der Waals surface area contributed by atoms with Crippen LogP contribution >= 0.6 is 0 Å². The van der Waals surface area contributed by atoms with Crippen LogP contribution in [0.2, 0.25) is 0 Å². The Bertz CT molecular complexity index is 975. The minimum atomic E-state index is -0.871. The summed E-state index contributed by atoms with van der Waals surface area (Å²) in [5, 5.41) is 0. The van der Waals surface area contributed by atoms with Crippen molar-refractivity contribution in [1.29, 1.82) is 0 Å². The fourth-order valence-corrected chi connectivity index (χ4v) is 4.12. The average Bonchev–Trinajstić information content (AvgIpc) is 3.24. The molecular weight excluding hydrogens is 335 g/mol. The second-order valence-corrected chi connectivity index (χ2v) is 7.45. The van der Waals surface area contributed by atoms with Crippen LogP contribution in [-0.2, 0) is 0 Å². The van der Waals surface area contributed by atoms with Gasteiger partial charge in [0.2, 0.25) is 0 Å². The molecule has 2 fully saturated rings. The highest BCUT2D eigenvalue weighted by molar-refractivity contribution is 5.76. The summed E-state index contributed by atoms with van der Waals surface area (Å²) in [6.07, 6.45) is 5.57. The summed E-state index contributed by atoms with van der Waals surface area (Å²) in [6.45, 7) is 3.98. The number of halogens is 1. The molecule has 7 nitrogen and oxygen atoms in total. The van der Waals surface area contributed by atoms with E-state index in [4.69, 9.17) is 0 Å². The minimum Gasteiger partial charge on any atom is -0.345 e. The first kappa shape index (κ1) is 15.6. The summed E-state index contributed by atoms with van der Waals surface area (Å²) < 4.78 is 15.2. The van der Waals surface area contributed by atoms with Crippen molar-refractivity contribution in [3.8, 4) is 0 Å². The molecule has 8 heteroatoms. The smallest absolute Gasteiger partial charge is 0.320 e. The molecule has 2 saturated heterocycles. The highest BCUT2D eigenvalue weighted by Crippen LogP contribution is 2.33. The van der Waals surface area contributed by atoms with Crippen LogP contribution in [0.25, 0.3) is 16.7 Å². The Morgan fingerprint density at radius 2 is 2.04 bits per heavy atom. The van der Waals surface area contributed by atoms with E-state index >= 15 is 0 Å². The first-order valence-electron chi connectivity index (χ1n) is 9.09. The third kappa shape index (κ3) is 2.28. The Kier molecular flexibility index (Phi) is 3.41. The molecule has 26 heavy (non-hydrogen) atoms. The summed E-state index contributed by atoms with van der Waals surface area (Å²) in [4.78, 5) is 28.3. The number of H-pyrrole nitrogens is 1. The maximum atomic E-state index is 13.1. The van der Waals surface area contributed by atoms with Crippen LogP contribution in [-0.4, -0.2) is 67.5 Å². The number of aromatic amines is 1. The molecule has 0 radical (unpaired) electrons. The first-order chi connectivity index (χ1) is 12.6. The van der Waals surface area contributed by atoms with Gasteiger partial charge in [-0.15, -0.1) is 0 Å². The van der Waals surface area contributed by atoms with E-state index in [2.05, 4.69) is 26.3 Å². The third-order valence-corrected chi connectivity index (χ3v) is 5.76. The van der Waals surface area contributed by atoms with Crippen molar-refractivity contribution in [3.63, 3.8) is 0 Å². The van der Waals surface area contributed by atoms with Crippen molar-refractivity contribution >= 4 is 22.7 Å². The minimum absolute atomic E-state index is 0.0508. The molecule has 2 aliphatic rings. The summed E-state index contributed by atoms with van der Waals surface area (Å²) in [5.74, 6) is 1.51. The Morgan fingerprint density at radius 3 is 2.85 bits per heavy atom. The second kappa shape index (κ2) is 5.69. The quantitative estimate of drug-likeness (QED) is 0.728. The number of alkyl halides is 1. The van der Waals surface area contributed by atoms with Gasteiger partial charge in [-0.05, 0) is 18.4 Å². The number of aromatic nitrogens is 4. The molecule has 2 amide bonds. The van der Waals surface area contributed by atoms with Crippen LogP contribution < -0.4 is 0 Å². The van der Waals surface area contributed by atoms with Crippen LogP contribution in [0.5, 0.6) is 0 Å². The monoisotopic (exact) mass is 356 g/mol. The number of likely N-dealkylation sites (tertiary alicyclic amines) is 2. The zero-order chi connectivity index (χ0) is 17.8. The lowest BCUT2D eigenvalue weighted by Gasteiger charge is -2.42. The van der Waals surface area contributed by atoms with E-state index in [-0.39, 0.29) is 25.0 Å². The van der Waals surface area contributed by atoms with Gasteiger partial charge in [0.25, 0.3) is 0 Å². The summed E-state index contributed by atoms with van der Waals surface area (Å²) in [6, 6.07) is 1.95. The molecule has 136 valence electrons. The number of carbonyl (C=O) groups excluding carboxylic acids is 1. The van der Waals surface area contributed by atoms with Gasteiger partial charge in [-0.2, -0.15) is 0 Å². The third-order valence-electron chi connectivity index (χ3n) is 5.76.